The maximum absolute atomic E-state index is 13.6. The van der Waals surface area contributed by atoms with Crippen molar-refractivity contribution in [2.45, 2.75) is 62.0 Å². The molecule has 1 saturated carbocycles. The number of phenols is 1. The number of likely N-dealkylation sites (tertiary alicyclic amines) is 1. The maximum atomic E-state index is 13.6. The Morgan fingerprint density at radius 3 is 2.75 bits per heavy atom. The third-order valence-corrected chi connectivity index (χ3v) is 10.9. The van der Waals surface area contributed by atoms with Crippen LogP contribution in [-0.4, -0.2) is 67.5 Å². The molecule has 1 saturated heterocycles. The number of aromatic hydroxyl groups is 1. The maximum Gasteiger partial charge on any atom is 0.308 e. The highest BCUT2D eigenvalue weighted by molar-refractivity contribution is 7.88. The van der Waals surface area contributed by atoms with E-state index in [0.717, 1.165) is 36.1 Å². The molecule has 2 bridgehead atoms. The molecule has 9 heteroatoms. The van der Waals surface area contributed by atoms with E-state index in [4.69, 9.17) is 9.47 Å². The van der Waals surface area contributed by atoms with Crippen LogP contribution in [0.2, 0.25) is 0 Å². The number of carbonyl (C=O) groups excluding carboxylic acids is 1. The number of nitrogens with zero attached hydrogens (tertiary/aromatic N) is 2. The van der Waals surface area contributed by atoms with Crippen LogP contribution in [0.1, 0.15) is 42.9 Å². The highest BCUT2D eigenvalue weighted by Crippen LogP contribution is 2.65. The molecule has 2 aliphatic heterocycles. The number of hydrogen-bond acceptors (Lipinski definition) is 7. The Morgan fingerprint density at radius 1 is 1.28 bits per heavy atom. The second kappa shape index (κ2) is 8.19. The summed E-state index contributed by atoms with van der Waals surface area (Å²) in [5, 5.41) is 11.0. The number of likely N-dealkylation sites (N-methyl/N-ethyl adjacent to an activating group) is 2. The van der Waals surface area contributed by atoms with Gasteiger partial charge in [0.15, 0.2) is 11.5 Å². The molecule has 0 amide bonds. The second-order valence-corrected chi connectivity index (χ2v) is 12.8. The Labute approximate surface area is 211 Å². The summed E-state index contributed by atoms with van der Waals surface area (Å²) in [7, 11) is 0.167. The van der Waals surface area contributed by atoms with Crippen LogP contribution < -0.4 is 9.47 Å². The van der Waals surface area contributed by atoms with Crippen molar-refractivity contribution < 1.29 is 27.8 Å². The molecule has 0 aromatic heterocycles. The predicted octanol–water partition coefficient (Wildman–Crippen LogP) is 2.82. The summed E-state index contributed by atoms with van der Waals surface area (Å²) < 4.78 is 40.8. The third kappa shape index (κ3) is 3.32. The number of rotatable bonds is 5. The molecule has 36 heavy (non-hydrogen) atoms. The minimum atomic E-state index is -3.62. The highest BCUT2D eigenvalue weighted by atomic mass is 32.2. The van der Waals surface area contributed by atoms with E-state index in [-0.39, 0.29) is 35.3 Å². The van der Waals surface area contributed by atoms with Crippen LogP contribution in [0.5, 0.6) is 17.2 Å². The third-order valence-electron chi connectivity index (χ3n) is 9.01. The lowest BCUT2D eigenvalue weighted by Crippen LogP contribution is -2.68. The van der Waals surface area contributed by atoms with Gasteiger partial charge in [0.1, 0.15) is 11.9 Å². The van der Waals surface area contributed by atoms with Crippen molar-refractivity contribution in [2.75, 3.05) is 20.6 Å². The van der Waals surface area contributed by atoms with E-state index in [1.807, 2.05) is 30.3 Å². The van der Waals surface area contributed by atoms with Crippen LogP contribution in [0.4, 0.5) is 0 Å². The summed E-state index contributed by atoms with van der Waals surface area (Å²) in [6.07, 6.45) is 2.61. The van der Waals surface area contributed by atoms with Crippen molar-refractivity contribution in [3.63, 3.8) is 0 Å². The second-order valence-electron chi connectivity index (χ2n) is 10.8. The van der Waals surface area contributed by atoms with Crippen molar-refractivity contribution in [1.82, 2.24) is 9.21 Å². The van der Waals surface area contributed by atoms with Gasteiger partial charge in [0, 0.05) is 42.6 Å². The molecule has 0 radical (unpaired) electrons. The fourth-order valence-corrected chi connectivity index (χ4v) is 8.90. The van der Waals surface area contributed by atoms with Gasteiger partial charge in [-0.25, -0.2) is 8.42 Å². The zero-order valence-corrected chi connectivity index (χ0v) is 21.6. The molecule has 2 aliphatic carbocycles. The lowest BCUT2D eigenvalue weighted by Gasteiger charge is -2.59. The Morgan fingerprint density at radius 2 is 2.03 bits per heavy atom. The van der Waals surface area contributed by atoms with Gasteiger partial charge in [-0.3, -0.25) is 4.79 Å². The van der Waals surface area contributed by atoms with E-state index in [1.165, 1.54) is 17.3 Å². The van der Waals surface area contributed by atoms with Gasteiger partial charge in [-0.2, -0.15) is 4.31 Å². The van der Waals surface area contributed by atoms with Crippen LogP contribution in [0.3, 0.4) is 0 Å². The van der Waals surface area contributed by atoms with Gasteiger partial charge in [0.25, 0.3) is 0 Å². The first-order valence-electron chi connectivity index (χ1n) is 12.6. The van der Waals surface area contributed by atoms with Gasteiger partial charge in [0.2, 0.25) is 10.0 Å². The van der Waals surface area contributed by atoms with Crippen molar-refractivity contribution in [1.29, 1.82) is 0 Å². The zero-order valence-electron chi connectivity index (χ0n) is 20.8. The highest BCUT2D eigenvalue weighted by Gasteiger charge is 2.67. The van der Waals surface area contributed by atoms with Gasteiger partial charge in [-0.15, -0.1) is 0 Å². The number of hydrogen-bond donors (Lipinski definition) is 1. The van der Waals surface area contributed by atoms with E-state index in [0.29, 0.717) is 18.6 Å². The molecule has 0 unspecified atom stereocenters. The monoisotopic (exact) mass is 512 g/mol. The Kier molecular flexibility index (Phi) is 5.41. The molecule has 2 heterocycles. The quantitative estimate of drug-likeness (QED) is 0.486. The molecule has 5 atom stereocenters. The Balaban J connectivity index is 1.45. The number of benzene rings is 2. The first-order chi connectivity index (χ1) is 17.1. The minimum Gasteiger partial charge on any atom is -0.508 e. The molecule has 8 nitrogen and oxygen atoms in total. The summed E-state index contributed by atoms with van der Waals surface area (Å²) in [6, 6.07) is 10.6. The number of phenolic OH excluding ortho intramolecular Hbond substituents is 1. The van der Waals surface area contributed by atoms with Gasteiger partial charge in [-0.05, 0) is 50.8 Å². The molecule has 192 valence electrons. The largest absolute Gasteiger partial charge is 0.508 e. The van der Waals surface area contributed by atoms with Crippen molar-refractivity contribution in [3.05, 3.63) is 53.1 Å². The summed E-state index contributed by atoms with van der Waals surface area (Å²) in [4.78, 5) is 14.2. The Bertz CT molecular complexity index is 1330. The van der Waals surface area contributed by atoms with Crippen LogP contribution in [0.15, 0.2) is 36.4 Å². The molecular formula is C27H32N2O6S. The van der Waals surface area contributed by atoms with Crippen molar-refractivity contribution in [2.24, 2.45) is 5.92 Å². The van der Waals surface area contributed by atoms with Crippen LogP contribution in [-0.2, 0) is 32.4 Å². The molecule has 4 aliphatic rings. The fraction of sp³-hybridized carbons (Fsp3) is 0.519. The average Bonchev–Trinajstić information content (AvgIpc) is 3.17. The number of esters is 1. The number of piperidine rings is 1. The van der Waals surface area contributed by atoms with Gasteiger partial charge in [0.05, 0.1) is 11.8 Å². The first kappa shape index (κ1) is 23.8. The lowest BCUT2D eigenvalue weighted by atomic mass is 9.51. The number of carbonyl (C=O) groups is 1. The molecule has 1 N–H and O–H groups in total. The number of sulfonamides is 1. The van der Waals surface area contributed by atoms with Gasteiger partial charge in [-0.1, -0.05) is 30.3 Å². The molecule has 6 rings (SSSR count). The summed E-state index contributed by atoms with van der Waals surface area (Å²) >= 11 is 0. The van der Waals surface area contributed by atoms with E-state index < -0.39 is 27.5 Å². The minimum absolute atomic E-state index is 0.0764. The van der Waals surface area contributed by atoms with Crippen molar-refractivity contribution >= 4 is 16.0 Å². The van der Waals surface area contributed by atoms with E-state index in [1.54, 1.807) is 7.05 Å². The van der Waals surface area contributed by atoms with Gasteiger partial charge >= 0.3 is 5.97 Å². The average molecular weight is 513 g/mol. The standard InChI is InChI=1S/C27H32N2O6S/c1-16(30)34-23-14-22(31)18-13-21-19-9-10-20(29(3)36(32,33)15-17-7-5-4-6-8-17)26-27(19,11-12-28(21)2)24(18)25(23)35-26/h4-8,14,19-21,26,31H,9-13,15H2,1-3H3/t19-,20+,21+,26-,27-/m0/s1. The number of ether oxygens (including phenoxy) is 2. The lowest BCUT2D eigenvalue weighted by molar-refractivity contribution is -0.132. The molecule has 2 aromatic carbocycles. The fourth-order valence-electron chi connectivity index (χ4n) is 7.46. The van der Waals surface area contributed by atoms with E-state index >= 15 is 0 Å². The predicted molar refractivity (Wildman–Crippen MR) is 134 cm³/mol. The topological polar surface area (TPSA) is 96.4 Å². The SMILES string of the molecule is CC(=O)Oc1cc(O)c2c3c1O[C@H]1[C@H](N(C)S(=O)(=O)Cc4ccccc4)CC[C@H]4[C@@H](C2)N(C)CC[C@@]341. The molecule has 2 aromatic rings. The van der Waals surface area contributed by atoms with Crippen LogP contribution in [0.25, 0.3) is 0 Å². The van der Waals surface area contributed by atoms with Crippen LogP contribution in [0, 0.1) is 5.92 Å². The van der Waals surface area contributed by atoms with E-state index in [9.17, 15) is 18.3 Å². The molecular weight excluding hydrogens is 480 g/mol. The normalized spacial score (nSPS) is 30.6. The summed E-state index contributed by atoms with van der Waals surface area (Å²) in [5.41, 5.74) is 2.07. The van der Waals surface area contributed by atoms with Crippen molar-refractivity contribution in [3.8, 4) is 17.2 Å². The zero-order chi connectivity index (χ0) is 25.4. The summed E-state index contributed by atoms with van der Waals surface area (Å²) in [6.45, 7) is 2.18. The summed E-state index contributed by atoms with van der Waals surface area (Å²) in [5.74, 6) is 0.522. The molecule has 2 fully saturated rings. The van der Waals surface area contributed by atoms with E-state index in [2.05, 4.69) is 11.9 Å². The van der Waals surface area contributed by atoms with Crippen LogP contribution >= 0.6 is 0 Å². The molecule has 1 spiro atoms. The first-order valence-corrected chi connectivity index (χ1v) is 14.2. The Hall–Kier alpha value is -2.62. The smallest absolute Gasteiger partial charge is 0.308 e. The van der Waals surface area contributed by atoms with Gasteiger partial charge < -0.3 is 19.5 Å².